The molecule has 0 spiro atoms. The third-order valence-corrected chi connectivity index (χ3v) is 2.91. The molecule has 0 saturated carbocycles. The number of hydrogen-bond donors (Lipinski definition) is 2. The Morgan fingerprint density at radius 1 is 1.47 bits per heavy atom. The molecule has 0 radical (unpaired) electrons. The van der Waals surface area contributed by atoms with Gasteiger partial charge in [0.25, 0.3) is 0 Å². The molecule has 3 nitrogen and oxygen atoms in total. The molecule has 0 aliphatic carbocycles. The second kappa shape index (κ2) is 6.94. The van der Waals surface area contributed by atoms with Crippen LogP contribution in [0.25, 0.3) is 0 Å². The fourth-order valence-electron chi connectivity index (χ4n) is 1.52. The number of hydrogen-bond acceptors (Lipinski definition) is 2. The van der Waals surface area contributed by atoms with E-state index in [0.29, 0.717) is 12.3 Å². The van der Waals surface area contributed by atoms with E-state index in [1.54, 1.807) is 0 Å². The molecule has 1 atom stereocenters. The highest BCUT2D eigenvalue weighted by molar-refractivity contribution is 5.67. The number of anilines is 1. The second-order valence-electron chi connectivity index (χ2n) is 4.49. The number of benzene rings is 1. The van der Waals surface area contributed by atoms with Crippen LogP contribution in [-0.4, -0.2) is 17.6 Å². The molecule has 0 aliphatic rings. The molecular weight excluding hydrogens is 214 g/mol. The van der Waals surface area contributed by atoms with Gasteiger partial charge >= 0.3 is 5.97 Å². The highest BCUT2D eigenvalue weighted by Gasteiger charge is 2.01. The summed E-state index contributed by atoms with van der Waals surface area (Å²) in [6.45, 7) is 5.34. The normalized spacial score (nSPS) is 12.1. The van der Waals surface area contributed by atoms with Gasteiger partial charge in [-0.05, 0) is 30.0 Å². The Morgan fingerprint density at radius 3 is 2.88 bits per heavy atom. The minimum Gasteiger partial charge on any atom is -0.481 e. The zero-order chi connectivity index (χ0) is 12.7. The number of rotatable bonds is 7. The number of carboxylic acids is 1. The lowest BCUT2D eigenvalue weighted by Gasteiger charge is -2.12. The zero-order valence-corrected chi connectivity index (χ0v) is 10.6. The molecule has 1 aromatic carbocycles. The molecular formula is C14H21NO2. The van der Waals surface area contributed by atoms with Gasteiger partial charge in [-0.25, -0.2) is 0 Å². The average Bonchev–Trinajstić information content (AvgIpc) is 2.34. The van der Waals surface area contributed by atoms with Crippen molar-refractivity contribution in [2.45, 2.75) is 33.1 Å². The standard InChI is InChI=1S/C14H21NO2/c1-3-11(2)10-15-13-6-4-5-12(9-13)7-8-14(16)17/h4-6,9,11,15H,3,7-8,10H2,1-2H3,(H,16,17). The first-order valence-electron chi connectivity index (χ1n) is 6.16. The van der Waals surface area contributed by atoms with Crippen LogP contribution in [-0.2, 0) is 11.2 Å². The molecule has 94 valence electrons. The SMILES string of the molecule is CCC(C)CNc1cccc(CCC(=O)O)c1. The van der Waals surface area contributed by atoms with Crippen LogP contribution in [0.1, 0.15) is 32.3 Å². The molecule has 0 amide bonds. The summed E-state index contributed by atoms with van der Waals surface area (Å²) in [7, 11) is 0. The largest absolute Gasteiger partial charge is 0.481 e. The Balaban J connectivity index is 2.50. The van der Waals surface area contributed by atoms with Gasteiger partial charge in [0.05, 0.1) is 0 Å². The molecule has 3 heteroatoms. The van der Waals surface area contributed by atoms with Gasteiger partial charge in [0.2, 0.25) is 0 Å². The van der Waals surface area contributed by atoms with Gasteiger partial charge in [-0.2, -0.15) is 0 Å². The quantitative estimate of drug-likeness (QED) is 0.763. The molecule has 2 N–H and O–H groups in total. The maximum Gasteiger partial charge on any atom is 0.303 e. The van der Waals surface area contributed by atoms with Gasteiger partial charge in [0.1, 0.15) is 0 Å². The van der Waals surface area contributed by atoms with E-state index in [1.807, 2.05) is 24.3 Å². The molecule has 0 saturated heterocycles. The van der Waals surface area contributed by atoms with Crippen LogP contribution in [0.5, 0.6) is 0 Å². The summed E-state index contributed by atoms with van der Waals surface area (Å²) in [5, 5.41) is 12.0. The van der Waals surface area contributed by atoms with Crippen molar-refractivity contribution in [3.63, 3.8) is 0 Å². The molecule has 0 aromatic heterocycles. The van der Waals surface area contributed by atoms with Gasteiger partial charge in [-0.15, -0.1) is 0 Å². The summed E-state index contributed by atoms with van der Waals surface area (Å²) < 4.78 is 0. The Kier molecular flexibility index (Phi) is 5.53. The van der Waals surface area contributed by atoms with Crippen LogP contribution in [0.3, 0.4) is 0 Å². The van der Waals surface area contributed by atoms with Crippen LogP contribution in [0, 0.1) is 5.92 Å². The minimum atomic E-state index is -0.747. The van der Waals surface area contributed by atoms with Crippen LogP contribution >= 0.6 is 0 Å². The topological polar surface area (TPSA) is 49.3 Å². The first-order chi connectivity index (χ1) is 8.11. The van der Waals surface area contributed by atoms with Crippen molar-refractivity contribution in [3.8, 4) is 0 Å². The maximum atomic E-state index is 10.5. The van der Waals surface area contributed by atoms with E-state index in [0.717, 1.165) is 24.2 Å². The van der Waals surface area contributed by atoms with Crippen LogP contribution in [0.15, 0.2) is 24.3 Å². The summed E-state index contributed by atoms with van der Waals surface area (Å²) in [5.41, 5.74) is 2.15. The maximum absolute atomic E-state index is 10.5. The van der Waals surface area contributed by atoms with E-state index in [-0.39, 0.29) is 6.42 Å². The lowest BCUT2D eigenvalue weighted by atomic mass is 10.1. The number of carbonyl (C=O) groups is 1. The summed E-state index contributed by atoms with van der Waals surface area (Å²) in [6, 6.07) is 7.99. The average molecular weight is 235 g/mol. The Bertz CT molecular complexity index is 363. The van der Waals surface area contributed by atoms with Crippen molar-refractivity contribution in [1.29, 1.82) is 0 Å². The van der Waals surface area contributed by atoms with Gasteiger partial charge < -0.3 is 10.4 Å². The molecule has 0 bridgehead atoms. The van der Waals surface area contributed by atoms with E-state index < -0.39 is 5.97 Å². The third-order valence-electron chi connectivity index (χ3n) is 2.91. The van der Waals surface area contributed by atoms with Crippen LogP contribution in [0.4, 0.5) is 5.69 Å². The smallest absolute Gasteiger partial charge is 0.303 e. The Morgan fingerprint density at radius 2 is 2.24 bits per heavy atom. The lowest BCUT2D eigenvalue weighted by molar-refractivity contribution is -0.136. The molecule has 1 rings (SSSR count). The van der Waals surface area contributed by atoms with Crippen molar-refractivity contribution in [2.24, 2.45) is 5.92 Å². The molecule has 17 heavy (non-hydrogen) atoms. The van der Waals surface area contributed by atoms with Crippen molar-refractivity contribution < 1.29 is 9.90 Å². The van der Waals surface area contributed by atoms with Crippen molar-refractivity contribution in [3.05, 3.63) is 29.8 Å². The van der Waals surface area contributed by atoms with Crippen LogP contribution < -0.4 is 5.32 Å². The predicted molar refractivity (Wildman–Crippen MR) is 70.3 cm³/mol. The third kappa shape index (κ3) is 5.38. The number of aliphatic carboxylic acids is 1. The summed E-state index contributed by atoms with van der Waals surface area (Å²) in [6.07, 6.45) is 1.94. The van der Waals surface area contributed by atoms with E-state index >= 15 is 0 Å². The van der Waals surface area contributed by atoms with Crippen molar-refractivity contribution >= 4 is 11.7 Å². The molecule has 0 fully saturated rings. The van der Waals surface area contributed by atoms with E-state index in [9.17, 15) is 4.79 Å². The van der Waals surface area contributed by atoms with E-state index in [1.165, 1.54) is 0 Å². The first kappa shape index (κ1) is 13.6. The highest BCUT2D eigenvalue weighted by Crippen LogP contribution is 2.13. The summed E-state index contributed by atoms with van der Waals surface area (Å²) in [4.78, 5) is 10.5. The molecule has 1 unspecified atom stereocenters. The molecule has 0 heterocycles. The first-order valence-corrected chi connectivity index (χ1v) is 6.16. The van der Waals surface area contributed by atoms with Gasteiger partial charge in [0, 0.05) is 18.7 Å². The lowest BCUT2D eigenvalue weighted by Crippen LogP contribution is -2.10. The van der Waals surface area contributed by atoms with E-state index in [4.69, 9.17) is 5.11 Å². The second-order valence-corrected chi connectivity index (χ2v) is 4.49. The van der Waals surface area contributed by atoms with Gasteiger partial charge in [0.15, 0.2) is 0 Å². The Hall–Kier alpha value is -1.51. The number of aryl methyl sites for hydroxylation is 1. The number of carboxylic acid groups (broad SMARTS) is 1. The van der Waals surface area contributed by atoms with E-state index in [2.05, 4.69) is 19.2 Å². The summed E-state index contributed by atoms with van der Waals surface area (Å²) >= 11 is 0. The fourth-order valence-corrected chi connectivity index (χ4v) is 1.52. The molecule has 0 aliphatic heterocycles. The van der Waals surface area contributed by atoms with Crippen molar-refractivity contribution in [2.75, 3.05) is 11.9 Å². The van der Waals surface area contributed by atoms with Crippen LogP contribution in [0.2, 0.25) is 0 Å². The van der Waals surface area contributed by atoms with Crippen molar-refractivity contribution in [1.82, 2.24) is 0 Å². The minimum absolute atomic E-state index is 0.189. The Labute approximate surface area is 103 Å². The monoisotopic (exact) mass is 235 g/mol. The van der Waals surface area contributed by atoms with Gasteiger partial charge in [-0.1, -0.05) is 32.4 Å². The zero-order valence-electron chi connectivity index (χ0n) is 10.6. The predicted octanol–water partition coefficient (Wildman–Crippen LogP) is 3.16. The van der Waals surface area contributed by atoms with Gasteiger partial charge in [-0.3, -0.25) is 4.79 Å². The number of nitrogens with one attached hydrogen (secondary N) is 1. The highest BCUT2D eigenvalue weighted by atomic mass is 16.4. The fraction of sp³-hybridized carbons (Fsp3) is 0.500. The summed E-state index contributed by atoms with van der Waals surface area (Å²) in [5.74, 6) is -0.0966. The molecule has 1 aromatic rings.